The molecule has 0 radical (unpaired) electrons. The Bertz CT molecular complexity index is 536. The van der Waals surface area contributed by atoms with E-state index in [2.05, 4.69) is 4.74 Å². The van der Waals surface area contributed by atoms with Crippen LogP contribution in [0.4, 0.5) is 36.4 Å². The van der Waals surface area contributed by atoms with E-state index in [-0.39, 0.29) is 12.1 Å². The molecule has 0 amide bonds. The number of halogens is 7. The first-order valence-corrected chi connectivity index (χ1v) is 5.17. The van der Waals surface area contributed by atoms with Crippen molar-refractivity contribution in [3.05, 3.63) is 29.3 Å². The Morgan fingerprint density at radius 3 is 1.90 bits per heavy atom. The summed E-state index contributed by atoms with van der Waals surface area (Å²) in [5.41, 5.74) is -3.44. The number of carbonyl (C=O) groups is 1. The van der Waals surface area contributed by atoms with Crippen molar-refractivity contribution in [2.24, 2.45) is 0 Å². The lowest BCUT2D eigenvalue weighted by molar-refractivity contribution is -0.348. The molecule has 1 aromatic carbocycles. The highest BCUT2D eigenvalue weighted by Gasteiger charge is 2.73. The summed E-state index contributed by atoms with van der Waals surface area (Å²) < 4.78 is 93.3. The van der Waals surface area contributed by atoms with Crippen molar-refractivity contribution in [1.82, 2.24) is 0 Å². The Hall–Kier alpha value is -2.00. The van der Waals surface area contributed by atoms with E-state index in [1.165, 1.54) is 0 Å². The van der Waals surface area contributed by atoms with Crippen LogP contribution >= 0.6 is 0 Å². The van der Waals surface area contributed by atoms with E-state index in [9.17, 15) is 35.5 Å². The molecule has 10 heteroatoms. The quantitative estimate of drug-likeness (QED) is 0.517. The van der Waals surface area contributed by atoms with Crippen molar-refractivity contribution in [3.63, 3.8) is 0 Å². The van der Waals surface area contributed by atoms with Gasteiger partial charge >= 0.3 is 24.0 Å². The van der Waals surface area contributed by atoms with Crippen molar-refractivity contribution in [2.75, 3.05) is 12.8 Å². The molecular weight excluding hydrogens is 311 g/mol. The van der Waals surface area contributed by atoms with Gasteiger partial charge in [-0.15, -0.1) is 0 Å². The number of nitrogens with two attached hydrogens (primary N) is 1. The zero-order valence-corrected chi connectivity index (χ0v) is 10.3. The molecule has 0 unspecified atom stereocenters. The summed E-state index contributed by atoms with van der Waals surface area (Å²) >= 11 is 0. The van der Waals surface area contributed by atoms with Crippen LogP contribution in [0.1, 0.15) is 15.9 Å². The van der Waals surface area contributed by atoms with Crippen LogP contribution in [-0.2, 0) is 10.4 Å². The van der Waals surface area contributed by atoms with Gasteiger partial charge in [0.2, 0.25) is 0 Å². The molecule has 0 saturated carbocycles. The molecule has 1 rings (SSSR count). The van der Waals surface area contributed by atoms with Crippen LogP contribution in [0.5, 0.6) is 0 Å². The number of esters is 1. The van der Waals surface area contributed by atoms with E-state index < -0.39 is 40.8 Å². The first-order valence-electron chi connectivity index (χ1n) is 5.17. The minimum atomic E-state index is -6.27. The van der Waals surface area contributed by atoms with Crippen molar-refractivity contribution in [2.45, 2.75) is 18.0 Å². The first-order chi connectivity index (χ1) is 9.36. The van der Waals surface area contributed by atoms with Crippen LogP contribution in [-0.4, -0.2) is 25.4 Å². The molecule has 21 heavy (non-hydrogen) atoms. The molecule has 0 aromatic heterocycles. The second-order valence-electron chi connectivity index (χ2n) is 3.95. The molecule has 0 spiro atoms. The number of ether oxygens (including phenoxy) is 1. The van der Waals surface area contributed by atoms with Crippen LogP contribution < -0.4 is 5.73 Å². The minimum absolute atomic E-state index is 0.0716. The molecule has 0 aliphatic heterocycles. The van der Waals surface area contributed by atoms with Crippen LogP contribution in [0, 0.1) is 0 Å². The van der Waals surface area contributed by atoms with Gasteiger partial charge in [0, 0.05) is 11.3 Å². The summed E-state index contributed by atoms with van der Waals surface area (Å²) in [4.78, 5) is 11.2. The van der Waals surface area contributed by atoms with Gasteiger partial charge < -0.3 is 10.5 Å². The maximum atomic E-state index is 13.8. The van der Waals surface area contributed by atoms with Gasteiger partial charge in [0.1, 0.15) is 0 Å². The van der Waals surface area contributed by atoms with Crippen LogP contribution in [0.3, 0.4) is 0 Å². The van der Waals surface area contributed by atoms with Gasteiger partial charge in [0.25, 0.3) is 0 Å². The fraction of sp³-hybridized carbons (Fsp3) is 0.364. The summed E-state index contributed by atoms with van der Waals surface area (Å²) in [5.74, 6) is -1.29. The molecule has 0 bridgehead atoms. The summed E-state index contributed by atoms with van der Waals surface area (Å²) in [6.07, 6.45) is -12.5. The van der Waals surface area contributed by atoms with Gasteiger partial charge in [-0.2, -0.15) is 26.3 Å². The molecule has 118 valence electrons. The maximum absolute atomic E-state index is 13.8. The van der Waals surface area contributed by atoms with E-state index in [4.69, 9.17) is 5.73 Å². The van der Waals surface area contributed by atoms with E-state index >= 15 is 0 Å². The Labute approximate surface area is 113 Å². The number of alkyl halides is 7. The Morgan fingerprint density at radius 1 is 1.05 bits per heavy atom. The third-order valence-corrected chi connectivity index (χ3v) is 2.64. The average Bonchev–Trinajstić information content (AvgIpc) is 2.34. The van der Waals surface area contributed by atoms with E-state index in [1.807, 2.05) is 0 Å². The molecular formula is C11H8F7NO2. The lowest BCUT2D eigenvalue weighted by Crippen LogP contribution is -2.50. The molecule has 0 saturated heterocycles. The van der Waals surface area contributed by atoms with Crippen molar-refractivity contribution >= 4 is 11.7 Å². The first kappa shape index (κ1) is 17.1. The molecule has 0 atom stereocenters. The van der Waals surface area contributed by atoms with Gasteiger partial charge in [-0.3, -0.25) is 0 Å². The van der Waals surface area contributed by atoms with Gasteiger partial charge in [0.15, 0.2) is 0 Å². The van der Waals surface area contributed by atoms with Gasteiger partial charge in [-0.25, -0.2) is 9.18 Å². The highest BCUT2D eigenvalue weighted by Crippen LogP contribution is 2.53. The third-order valence-electron chi connectivity index (χ3n) is 2.64. The Morgan fingerprint density at radius 2 is 1.52 bits per heavy atom. The fourth-order valence-corrected chi connectivity index (χ4v) is 1.55. The smallest absolute Gasteiger partial charge is 0.435 e. The largest absolute Gasteiger partial charge is 0.465 e. The van der Waals surface area contributed by atoms with E-state index in [1.54, 1.807) is 0 Å². The molecule has 3 nitrogen and oxygen atoms in total. The monoisotopic (exact) mass is 319 g/mol. The van der Waals surface area contributed by atoms with Crippen LogP contribution in [0.25, 0.3) is 0 Å². The molecule has 0 aliphatic carbocycles. The van der Waals surface area contributed by atoms with Crippen molar-refractivity contribution in [1.29, 1.82) is 0 Å². The lowest BCUT2D eigenvalue weighted by atomic mass is 9.92. The number of rotatable bonds is 2. The fourth-order valence-electron chi connectivity index (χ4n) is 1.55. The van der Waals surface area contributed by atoms with Crippen LogP contribution in [0.2, 0.25) is 0 Å². The second-order valence-corrected chi connectivity index (χ2v) is 3.95. The minimum Gasteiger partial charge on any atom is -0.465 e. The number of benzene rings is 1. The maximum Gasteiger partial charge on any atom is 0.435 e. The average molecular weight is 319 g/mol. The Kier molecular flexibility index (Phi) is 4.13. The number of hydrogen-bond acceptors (Lipinski definition) is 3. The summed E-state index contributed by atoms with van der Waals surface area (Å²) in [7, 11) is 0.838. The predicted molar refractivity (Wildman–Crippen MR) is 57.1 cm³/mol. The summed E-state index contributed by atoms with van der Waals surface area (Å²) in [6.45, 7) is 0. The molecule has 0 fully saturated rings. The highest BCUT2D eigenvalue weighted by atomic mass is 19.4. The van der Waals surface area contributed by atoms with Crippen molar-refractivity contribution < 1.29 is 40.3 Å². The summed E-state index contributed by atoms with van der Waals surface area (Å²) in [6, 6.07) is 0.846. The zero-order chi connectivity index (χ0) is 16.6. The second kappa shape index (κ2) is 5.08. The standard InChI is InChI=1S/C11H8F7NO2/c1-21-8(20)6-4-5(2-3-7(6)19)9(12,10(13,14)15)11(16,17)18/h2-4H,19H2,1H3. The normalized spacial score (nSPS) is 13.1. The number of carbonyl (C=O) groups excluding carboxylic acids is 1. The summed E-state index contributed by atoms with van der Waals surface area (Å²) in [5, 5.41) is 0. The molecule has 0 aliphatic rings. The number of anilines is 1. The van der Waals surface area contributed by atoms with E-state index in [0.717, 1.165) is 7.11 Å². The number of nitrogen functional groups attached to an aromatic ring is 1. The zero-order valence-electron chi connectivity index (χ0n) is 10.3. The van der Waals surface area contributed by atoms with Crippen LogP contribution in [0.15, 0.2) is 18.2 Å². The van der Waals surface area contributed by atoms with Gasteiger partial charge in [0.05, 0.1) is 12.7 Å². The van der Waals surface area contributed by atoms with E-state index in [0.29, 0.717) is 6.07 Å². The Balaban J connectivity index is 3.59. The topological polar surface area (TPSA) is 52.3 Å². The molecule has 2 N–H and O–H groups in total. The van der Waals surface area contributed by atoms with Gasteiger partial charge in [-0.05, 0) is 12.1 Å². The predicted octanol–water partition coefficient (Wildman–Crippen LogP) is 3.34. The highest BCUT2D eigenvalue weighted by molar-refractivity contribution is 5.95. The lowest BCUT2D eigenvalue weighted by Gasteiger charge is -2.30. The van der Waals surface area contributed by atoms with Crippen molar-refractivity contribution in [3.8, 4) is 0 Å². The number of hydrogen-bond donors (Lipinski definition) is 1. The third kappa shape index (κ3) is 2.74. The molecule has 0 heterocycles. The SMILES string of the molecule is COC(=O)c1cc(C(F)(C(F)(F)F)C(F)(F)F)ccc1N. The van der Waals surface area contributed by atoms with Gasteiger partial charge in [-0.1, -0.05) is 6.07 Å². The molecule has 1 aromatic rings. The number of methoxy groups -OCH3 is 1.